The second-order valence-corrected chi connectivity index (χ2v) is 9.29. The van der Waals surface area contributed by atoms with E-state index in [1.165, 1.54) is 96.0 Å². The molecule has 5 heteroatoms. The Morgan fingerprint density at radius 1 is 0.697 bits per heavy atom. The zero-order valence-corrected chi connectivity index (χ0v) is 21.0. The van der Waals surface area contributed by atoms with Gasteiger partial charge >= 0.3 is 5.97 Å². The van der Waals surface area contributed by atoms with Crippen LogP contribution >= 0.6 is 0 Å². The number of carbonyl (C=O) groups is 1. The molecule has 0 amide bonds. The Morgan fingerprint density at radius 2 is 1.15 bits per heavy atom. The maximum absolute atomic E-state index is 11.3. The Kier molecular flexibility index (Phi) is 17.5. The Labute approximate surface area is 201 Å². The average Bonchev–Trinajstić information content (AvgIpc) is 2.79. The summed E-state index contributed by atoms with van der Waals surface area (Å²) in [5.74, 6) is -2.10. The van der Waals surface area contributed by atoms with Gasteiger partial charge in [0.25, 0.3) is 0 Å². The van der Waals surface area contributed by atoms with Crippen LogP contribution in [0.15, 0.2) is 12.1 Å². The highest BCUT2D eigenvalue weighted by atomic mass is 16.5. The van der Waals surface area contributed by atoms with E-state index in [9.17, 15) is 20.1 Å². The molecule has 0 bridgehead atoms. The Bertz CT molecular complexity index is 629. The van der Waals surface area contributed by atoms with Gasteiger partial charge in [-0.2, -0.15) is 0 Å². The van der Waals surface area contributed by atoms with Gasteiger partial charge in [-0.25, -0.2) is 4.79 Å². The van der Waals surface area contributed by atoms with Crippen molar-refractivity contribution < 1.29 is 24.9 Å². The number of phenols is 2. The van der Waals surface area contributed by atoms with Gasteiger partial charge in [0.2, 0.25) is 0 Å². The Morgan fingerprint density at radius 3 is 1.64 bits per heavy atom. The number of carboxylic acids is 1. The maximum Gasteiger partial charge on any atom is 0.339 e. The summed E-state index contributed by atoms with van der Waals surface area (Å²) in [6.07, 6.45) is 21.9. The SMILES string of the molecule is CCCCCCCCOCCCCCCCCCCCCCc1ccc(O)c(O)c1C(=O)O. The second-order valence-electron chi connectivity index (χ2n) is 9.29. The lowest BCUT2D eigenvalue weighted by molar-refractivity contribution is 0.0691. The first-order chi connectivity index (χ1) is 16.1. The number of ether oxygens (including phenoxy) is 1. The molecule has 3 N–H and O–H groups in total. The summed E-state index contributed by atoms with van der Waals surface area (Å²) < 4.78 is 5.74. The van der Waals surface area contributed by atoms with Crippen molar-refractivity contribution >= 4 is 5.97 Å². The van der Waals surface area contributed by atoms with E-state index < -0.39 is 11.7 Å². The van der Waals surface area contributed by atoms with Crippen molar-refractivity contribution in [1.82, 2.24) is 0 Å². The molecular formula is C28H48O5. The summed E-state index contributed by atoms with van der Waals surface area (Å²) in [4.78, 5) is 11.3. The van der Waals surface area contributed by atoms with Crippen LogP contribution in [0.5, 0.6) is 11.5 Å². The van der Waals surface area contributed by atoms with Crippen molar-refractivity contribution in [2.24, 2.45) is 0 Å². The van der Waals surface area contributed by atoms with Crippen molar-refractivity contribution in [3.63, 3.8) is 0 Å². The van der Waals surface area contributed by atoms with E-state index in [4.69, 9.17) is 4.74 Å². The third-order valence-electron chi connectivity index (χ3n) is 6.33. The average molecular weight is 465 g/mol. The number of phenolic OH excluding ortho intramolecular Hbond substituents is 1. The molecule has 33 heavy (non-hydrogen) atoms. The van der Waals surface area contributed by atoms with E-state index in [0.717, 1.165) is 32.5 Å². The van der Waals surface area contributed by atoms with Gasteiger partial charge in [-0.3, -0.25) is 0 Å². The topological polar surface area (TPSA) is 87.0 Å². The van der Waals surface area contributed by atoms with Gasteiger partial charge in [0.1, 0.15) is 5.56 Å². The zero-order valence-electron chi connectivity index (χ0n) is 21.0. The highest BCUT2D eigenvalue weighted by Gasteiger charge is 2.18. The van der Waals surface area contributed by atoms with Crippen LogP contribution in [0.4, 0.5) is 0 Å². The molecule has 1 aromatic carbocycles. The highest BCUT2D eigenvalue weighted by molar-refractivity contribution is 5.93. The lowest BCUT2D eigenvalue weighted by atomic mass is 9.99. The van der Waals surface area contributed by atoms with Gasteiger partial charge in [0.15, 0.2) is 11.5 Å². The molecule has 0 aromatic heterocycles. The number of hydrogen-bond donors (Lipinski definition) is 3. The third-order valence-corrected chi connectivity index (χ3v) is 6.33. The first-order valence-corrected chi connectivity index (χ1v) is 13.4. The van der Waals surface area contributed by atoms with Gasteiger partial charge in [0, 0.05) is 13.2 Å². The minimum atomic E-state index is -1.20. The van der Waals surface area contributed by atoms with Crippen LogP contribution in [-0.2, 0) is 11.2 Å². The van der Waals surface area contributed by atoms with Gasteiger partial charge in [-0.15, -0.1) is 0 Å². The lowest BCUT2D eigenvalue weighted by Crippen LogP contribution is -2.03. The van der Waals surface area contributed by atoms with Crippen LogP contribution in [0.3, 0.4) is 0 Å². The molecule has 0 atom stereocenters. The summed E-state index contributed by atoms with van der Waals surface area (Å²) in [5, 5.41) is 28.5. The lowest BCUT2D eigenvalue weighted by Gasteiger charge is -2.09. The summed E-state index contributed by atoms with van der Waals surface area (Å²) in [7, 11) is 0. The first kappa shape index (κ1) is 29.3. The van der Waals surface area contributed by atoms with Gasteiger partial charge < -0.3 is 20.1 Å². The molecule has 1 aromatic rings. The largest absolute Gasteiger partial charge is 0.504 e. The number of aryl methyl sites for hydroxylation is 1. The fourth-order valence-corrected chi connectivity index (χ4v) is 4.27. The van der Waals surface area contributed by atoms with Crippen molar-refractivity contribution in [2.45, 2.75) is 122 Å². The molecule has 1 rings (SSSR count). The zero-order chi connectivity index (χ0) is 24.2. The number of carboxylic acid groups (broad SMARTS) is 1. The molecule has 0 aliphatic rings. The summed E-state index contributed by atoms with van der Waals surface area (Å²) in [6, 6.07) is 2.96. The molecule has 0 radical (unpaired) electrons. The minimum Gasteiger partial charge on any atom is -0.504 e. The van der Waals surface area contributed by atoms with Crippen LogP contribution < -0.4 is 0 Å². The summed E-state index contributed by atoms with van der Waals surface area (Å²) in [6.45, 7) is 4.11. The molecule has 0 unspecified atom stereocenters. The standard InChI is InChI=1S/C28H48O5/c1-2-3-4-5-14-17-22-33-23-18-15-12-10-8-6-7-9-11-13-16-19-24-20-21-25(29)27(30)26(24)28(31)32/h20-21,29-30H,2-19,22-23H2,1H3,(H,31,32). The van der Waals surface area contributed by atoms with Crippen molar-refractivity contribution in [3.05, 3.63) is 23.3 Å². The van der Waals surface area contributed by atoms with Gasteiger partial charge in [-0.1, -0.05) is 103 Å². The first-order valence-electron chi connectivity index (χ1n) is 13.4. The summed E-state index contributed by atoms with van der Waals surface area (Å²) in [5.41, 5.74) is 0.421. The fraction of sp³-hybridized carbons (Fsp3) is 0.750. The van der Waals surface area contributed by atoms with E-state index in [1.54, 1.807) is 6.07 Å². The number of hydrogen-bond acceptors (Lipinski definition) is 4. The van der Waals surface area contributed by atoms with E-state index in [2.05, 4.69) is 6.92 Å². The van der Waals surface area contributed by atoms with Crippen molar-refractivity contribution in [2.75, 3.05) is 13.2 Å². The van der Waals surface area contributed by atoms with Gasteiger partial charge in [0.05, 0.1) is 0 Å². The van der Waals surface area contributed by atoms with Crippen LogP contribution in [0.1, 0.15) is 132 Å². The van der Waals surface area contributed by atoms with E-state index in [1.807, 2.05) is 0 Å². The Balaban J connectivity index is 1.87. The molecule has 0 fully saturated rings. The normalized spacial score (nSPS) is 11.2. The summed E-state index contributed by atoms with van der Waals surface area (Å²) >= 11 is 0. The van der Waals surface area contributed by atoms with Gasteiger partial charge in [-0.05, 0) is 37.3 Å². The highest BCUT2D eigenvalue weighted by Crippen LogP contribution is 2.32. The number of aromatic hydroxyl groups is 2. The number of unbranched alkanes of at least 4 members (excludes halogenated alkanes) is 15. The second kappa shape index (κ2) is 19.7. The molecule has 0 aliphatic heterocycles. The molecule has 0 heterocycles. The predicted octanol–water partition coefficient (Wildman–Crippen LogP) is 8.01. The third kappa shape index (κ3) is 14.2. The number of aromatic carboxylic acids is 1. The van der Waals surface area contributed by atoms with Crippen LogP contribution in [0, 0.1) is 0 Å². The van der Waals surface area contributed by atoms with Crippen LogP contribution in [0.2, 0.25) is 0 Å². The molecule has 0 spiro atoms. The maximum atomic E-state index is 11.3. The minimum absolute atomic E-state index is 0.167. The van der Waals surface area contributed by atoms with Crippen molar-refractivity contribution in [3.8, 4) is 11.5 Å². The molecular weight excluding hydrogens is 416 g/mol. The molecule has 5 nitrogen and oxygen atoms in total. The van der Waals surface area contributed by atoms with E-state index in [0.29, 0.717) is 12.0 Å². The molecule has 0 aliphatic carbocycles. The quantitative estimate of drug-likeness (QED) is 0.119. The number of benzene rings is 1. The van der Waals surface area contributed by atoms with Crippen molar-refractivity contribution in [1.29, 1.82) is 0 Å². The molecule has 0 saturated carbocycles. The molecule has 0 saturated heterocycles. The Hall–Kier alpha value is -1.75. The van der Waals surface area contributed by atoms with E-state index >= 15 is 0 Å². The smallest absolute Gasteiger partial charge is 0.339 e. The monoisotopic (exact) mass is 464 g/mol. The van der Waals surface area contributed by atoms with Crippen LogP contribution in [0.25, 0.3) is 0 Å². The van der Waals surface area contributed by atoms with Crippen LogP contribution in [-0.4, -0.2) is 34.5 Å². The fourth-order valence-electron chi connectivity index (χ4n) is 4.27. The van der Waals surface area contributed by atoms with E-state index in [-0.39, 0.29) is 11.3 Å². The molecule has 190 valence electrons. The number of rotatable bonds is 22. The predicted molar refractivity (Wildman–Crippen MR) is 135 cm³/mol.